The fourth-order valence-electron chi connectivity index (χ4n) is 2.24. The summed E-state index contributed by atoms with van der Waals surface area (Å²) in [7, 11) is 0. The molecule has 2 nitrogen and oxygen atoms in total. The third-order valence-corrected chi connectivity index (χ3v) is 3.07. The molecule has 1 N–H and O–H groups in total. The molecule has 1 aromatic carbocycles. The van der Waals surface area contributed by atoms with Crippen LogP contribution in [0.25, 0.3) is 11.3 Å². The van der Waals surface area contributed by atoms with Gasteiger partial charge in [-0.1, -0.05) is 12.2 Å². The Hall–Kier alpha value is -1.75. The third kappa shape index (κ3) is 1.39. The monoisotopic (exact) mass is 250 g/mol. The predicted octanol–water partition coefficient (Wildman–Crippen LogP) is 3.16. The number of benzene rings is 1. The van der Waals surface area contributed by atoms with Crippen molar-refractivity contribution in [2.24, 2.45) is 0 Å². The highest BCUT2D eigenvalue weighted by atomic mass is 32.1. The van der Waals surface area contributed by atoms with E-state index in [1.54, 1.807) is 16.8 Å². The zero-order valence-electron chi connectivity index (χ0n) is 8.71. The summed E-state index contributed by atoms with van der Waals surface area (Å²) in [5.74, 6) is -0.787. The van der Waals surface area contributed by atoms with Crippen LogP contribution in [0.5, 0.6) is 0 Å². The molecule has 2 heterocycles. The first kappa shape index (κ1) is 10.4. The van der Waals surface area contributed by atoms with Crippen molar-refractivity contribution in [1.82, 2.24) is 4.57 Å². The Bertz CT molecular complexity index is 619. The van der Waals surface area contributed by atoms with E-state index >= 15 is 0 Å². The van der Waals surface area contributed by atoms with Gasteiger partial charge in [-0.2, -0.15) is 0 Å². The maximum atomic E-state index is 13.8. The molecule has 0 saturated carbocycles. The average molecular weight is 250 g/mol. The van der Waals surface area contributed by atoms with E-state index in [0.717, 1.165) is 12.1 Å². The second kappa shape index (κ2) is 3.63. The molecule has 1 aliphatic rings. The number of aromatic nitrogens is 1. The molecule has 0 amide bonds. The van der Waals surface area contributed by atoms with Crippen LogP contribution in [0.3, 0.4) is 0 Å². The first-order chi connectivity index (χ1) is 8.22. The highest BCUT2D eigenvalue weighted by Gasteiger charge is 2.27. The van der Waals surface area contributed by atoms with Crippen molar-refractivity contribution < 1.29 is 8.78 Å². The lowest BCUT2D eigenvalue weighted by Crippen LogP contribution is -1.94. The predicted molar refractivity (Wildman–Crippen MR) is 66.2 cm³/mol. The van der Waals surface area contributed by atoms with Gasteiger partial charge in [0.1, 0.15) is 11.6 Å². The first-order valence-electron chi connectivity index (χ1n) is 5.09. The van der Waals surface area contributed by atoms with Crippen molar-refractivity contribution in [2.45, 2.75) is 6.54 Å². The van der Waals surface area contributed by atoms with Crippen molar-refractivity contribution in [3.63, 3.8) is 0 Å². The van der Waals surface area contributed by atoms with Crippen LogP contribution in [0.4, 0.5) is 14.5 Å². The van der Waals surface area contributed by atoms with E-state index in [2.05, 4.69) is 5.32 Å². The number of halogens is 2. The van der Waals surface area contributed by atoms with E-state index in [4.69, 9.17) is 12.2 Å². The number of hydrogen-bond donors (Lipinski definition) is 1. The lowest BCUT2D eigenvalue weighted by atomic mass is 10.1. The Morgan fingerprint density at radius 2 is 2.00 bits per heavy atom. The van der Waals surface area contributed by atoms with E-state index in [1.807, 2.05) is 0 Å². The minimum atomic E-state index is -0.411. The van der Waals surface area contributed by atoms with Gasteiger partial charge in [-0.3, -0.25) is 0 Å². The van der Waals surface area contributed by atoms with Crippen LogP contribution in [-0.4, -0.2) is 10.1 Å². The second-order valence-electron chi connectivity index (χ2n) is 3.85. The van der Waals surface area contributed by atoms with Crippen LogP contribution < -0.4 is 5.32 Å². The molecule has 0 radical (unpaired) electrons. The molecular weight excluding hydrogens is 242 g/mol. The molecule has 2 aromatic rings. The van der Waals surface area contributed by atoms with E-state index in [9.17, 15) is 8.78 Å². The molecule has 0 bridgehead atoms. The molecule has 0 saturated heterocycles. The van der Waals surface area contributed by atoms with Gasteiger partial charge in [-0.05, 0) is 18.2 Å². The Morgan fingerprint density at radius 3 is 2.76 bits per heavy atom. The number of hydrogen-bond acceptors (Lipinski definition) is 1. The molecule has 5 heteroatoms. The molecule has 86 valence electrons. The minimum absolute atomic E-state index is 0.328. The van der Waals surface area contributed by atoms with Crippen LogP contribution in [0.1, 0.15) is 5.56 Å². The summed E-state index contributed by atoms with van der Waals surface area (Å²) >= 11 is 4.72. The molecule has 0 fully saturated rings. The van der Waals surface area contributed by atoms with Crippen LogP contribution in [0.15, 0.2) is 24.4 Å². The topological polar surface area (TPSA) is 17.0 Å². The van der Waals surface area contributed by atoms with E-state index < -0.39 is 5.82 Å². The van der Waals surface area contributed by atoms with Gasteiger partial charge >= 0.3 is 0 Å². The number of thiocarbonyl (C=S) groups is 1. The Morgan fingerprint density at radius 1 is 1.24 bits per heavy atom. The summed E-state index contributed by atoms with van der Waals surface area (Å²) in [5.41, 5.74) is 3.43. The molecule has 0 aliphatic carbocycles. The zero-order valence-corrected chi connectivity index (χ0v) is 9.52. The van der Waals surface area contributed by atoms with Crippen LogP contribution in [0.2, 0.25) is 0 Å². The Labute approximate surface area is 102 Å². The quantitative estimate of drug-likeness (QED) is 0.704. The molecule has 17 heavy (non-hydrogen) atoms. The summed E-state index contributed by atoms with van der Waals surface area (Å²) in [6.07, 6.45) is 1.79. The van der Waals surface area contributed by atoms with E-state index in [1.165, 1.54) is 5.49 Å². The van der Waals surface area contributed by atoms with Crippen molar-refractivity contribution >= 4 is 23.4 Å². The zero-order chi connectivity index (χ0) is 12.0. The van der Waals surface area contributed by atoms with Crippen molar-refractivity contribution in [3.8, 4) is 11.3 Å². The van der Waals surface area contributed by atoms with Crippen LogP contribution in [0, 0.1) is 11.6 Å². The van der Waals surface area contributed by atoms with Gasteiger partial charge in [-0.25, -0.2) is 8.78 Å². The largest absolute Gasteiger partial charge is 0.351 e. The van der Waals surface area contributed by atoms with Gasteiger partial charge in [0, 0.05) is 17.3 Å². The van der Waals surface area contributed by atoms with Crippen molar-refractivity contribution in [3.05, 3.63) is 41.6 Å². The summed E-state index contributed by atoms with van der Waals surface area (Å²) in [6.45, 7) is 0.355. The van der Waals surface area contributed by atoms with Gasteiger partial charge in [0.05, 0.1) is 23.4 Å². The van der Waals surface area contributed by atoms with E-state index in [0.29, 0.717) is 29.1 Å². The molecule has 1 aliphatic heterocycles. The van der Waals surface area contributed by atoms with Crippen molar-refractivity contribution in [2.75, 3.05) is 5.32 Å². The lowest BCUT2D eigenvalue weighted by Gasteiger charge is -2.04. The highest BCUT2D eigenvalue weighted by Crippen LogP contribution is 2.40. The van der Waals surface area contributed by atoms with Crippen LogP contribution in [-0.2, 0) is 6.54 Å². The summed E-state index contributed by atoms with van der Waals surface area (Å²) in [5, 5.41) is 2.86. The van der Waals surface area contributed by atoms with Gasteiger partial charge in [0.15, 0.2) is 0 Å². The lowest BCUT2D eigenvalue weighted by molar-refractivity contribution is 0.590. The van der Waals surface area contributed by atoms with Gasteiger partial charge in [-0.15, -0.1) is 0 Å². The molecule has 3 rings (SSSR count). The average Bonchev–Trinajstić information content (AvgIpc) is 2.85. The fourth-order valence-corrected chi connectivity index (χ4v) is 2.36. The number of rotatable bonds is 2. The molecule has 1 aromatic heterocycles. The third-order valence-electron chi connectivity index (χ3n) is 2.95. The second-order valence-corrected chi connectivity index (χ2v) is 4.09. The molecule has 0 atom stereocenters. The summed E-state index contributed by atoms with van der Waals surface area (Å²) < 4.78 is 29.2. The maximum Gasteiger partial charge on any atom is 0.133 e. The van der Waals surface area contributed by atoms with Gasteiger partial charge < -0.3 is 9.88 Å². The Kier molecular flexibility index (Phi) is 2.22. The first-order valence-corrected chi connectivity index (χ1v) is 5.56. The molecule has 0 spiro atoms. The number of fused-ring (bicyclic) bond motifs is 3. The molecule has 0 unspecified atom stereocenters. The normalized spacial score (nSPS) is 12.1. The summed E-state index contributed by atoms with van der Waals surface area (Å²) in [6, 6.07) is 4.11. The maximum absolute atomic E-state index is 13.8. The van der Waals surface area contributed by atoms with Crippen molar-refractivity contribution in [1.29, 1.82) is 0 Å². The summed E-state index contributed by atoms with van der Waals surface area (Å²) in [4.78, 5) is 0. The highest BCUT2D eigenvalue weighted by molar-refractivity contribution is 7.79. The van der Waals surface area contributed by atoms with Gasteiger partial charge in [0.25, 0.3) is 0 Å². The minimum Gasteiger partial charge on any atom is -0.351 e. The standard InChI is InChI=1S/C12H8F2N2S/c13-8-1-2-9(14)11-7(8)5-16-4-3-10(12(11)16)15-6-17/h1-4,6H,5H2,(H,15,17). The number of anilines is 1. The Balaban J connectivity index is 2.28. The van der Waals surface area contributed by atoms with Crippen LogP contribution >= 0.6 is 12.2 Å². The SMILES string of the molecule is Fc1ccc(F)c2c1Cn1ccc(NC=S)c1-2. The van der Waals surface area contributed by atoms with Gasteiger partial charge in [0.2, 0.25) is 0 Å². The fraction of sp³-hybridized carbons (Fsp3) is 0.0833. The number of nitrogens with one attached hydrogen (secondary N) is 1. The molecular formula is C12H8F2N2S. The smallest absolute Gasteiger partial charge is 0.133 e. The van der Waals surface area contributed by atoms with E-state index in [-0.39, 0.29) is 5.82 Å². The number of nitrogens with zero attached hydrogens (tertiary/aromatic N) is 1.